The van der Waals surface area contributed by atoms with E-state index in [0.29, 0.717) is 0 Å². The lowest BCUT2D eigenvalue weighted by Gasteiger charge is -1.89. The van der Waals surface area contributed by atoms with Crippen molar-refractivity contribution in [2.75, 3.05) is 6.61 Å². The monoisotopic (exact) mass is 142 g/mol. The summed E-state index contributed by atoms with van der Waals surface area (Å²) in [5.41, 5.74) is 0. The Morgan fingerprint density at radius 2 is 2.10 bits per heavy atom. The summed E-state index contributed by atoms with van der Waals surface area (Å²) in [4.78, 5) is 0. The second kappa shape index (κ2) is 6.60. The minimum atomic E-state index is -0.519. The molecular weight excluding hydrogens is 128 g/mol. The Morgan fingerprint density at radius 1 is 1.40 bits per heavy atom. The van der Waals surface area contributed by atoms with E-state index in [0.717, 1.165) is 19.3 Å². The minimum absolute atomic E-state index is 0.232. The van der Waals surface area contributed by atoms with Crippen molar-refractivity contribution in [3.05, 3.63) is 0 Å². The highest BCUT2D eigenvalue weighted by molar-refractivity contribution is 5.02. The summed E-state index contributed by atoms with van der Waals surface area (Å²) >= 11 is 0. The Kier molecular flexibility index (Phi) is 6.25. The maximum Gasteiger partial charge on any atom is 0.111 e. The van der Waals surface area contributed by atoms with Crippen molar-refractivity contribution in [1.29, 1.82) is 0 Å². The zero-order chi connectivity index (χ0) is 7.82. The number of aliphatic hydroxyl groups is 2. The molecule has 0 aliphatic heterocycles. The van der Waals surface area contributed by atoms with Gasteiger partial charge in [0, 0.05) is 13.0 Å². The average Bonchev–Trinajstić information content (AvgIpc) is 1.87. The molecule has 1 unspecified atom stereocenters. The van der Waals surface area contributed by atoms with Crippen LogP contribution in [0.1, 0.15) is 26.2 Å². The van der Waals surface area contributed by atoms with Gasteiger partial charge in [-0.2, -0.15) is 0 Å². The molecule has 0 aromatic carbocycles. The number of rotatable bonds is 3. The number of unbranched alkanes of at least 4 members (excludes halogenated alkanes) is 2. The van der Waals surface area contributed by atoms with Crippen LogP contribution in [-0.2, 0) is 0 Å². The lowest BCUT2D eigenvalue weighted by atomic mass is 10.2. The molecule has 0 amide bonds. The summed E-state index contributed by atoms with van der Waals surface area (Å²) in [5, 5.41) is 17.1. The van der Waals surface area contributed by atoms with Crippen molar-refractivity contribution in [1.82, 2.24) is 0 Å². The van der Waals surface area contributed by atoms with Crippen LogP contribution in [0.2, 0.25) is 0 Å². The van der Waals surface area contributed by atoms with Gasteiger partial charge in [-0.15, -0.1) is 5.92 Å². The van der Waals surface area contributed by atoms with Crippen molar-refractivity contribution in [2.24, 2.45) is 0 Å². The van der Waals surface area contributed by atoms with Crippen LogP contribution in [0.4, 0.5) is 0 Å². The third kappa shape index (κ3) is 7.48. The highest BCUT2D eigenvalue weighted by atomic mass is 16.3. The van der Waals surface area contributed by atoms with Crippen LogP contribution in [0.15, 0.2) is 0 Å². The van der Waals surface area contributed by atoms with Crippen LogP contribution in [0, 0.1) is 11.8 Å². The van der Waals surface area contributed by atoms with E-state index in [1.54, 1.807) is 6.92 Å². The van der Waals surface area contributed by atoms with Crippen LogP contribution < -0.4 is 0 Å². The van der Waals surface area contributed by atoms with Gasteiger partial charge in [-0.05, 0) is 19.8 Å². The maximum absolute atomic E-state index is 8.69. The predicted molar refractivity (Wildman–Crippen MR) is 40.4 cm³/mol. The van der Waals surface area contributed by atoms with Crippen LogP contribution in [0.25, 0.3) is 0 Å². The molecule has 2 nitrogen and oxygen atoms in total. The first-order valence-electron chi connectivity index (χ1n) is 3.54. The van der Waals surface area contributed by atoms with E-state index in [2.05, 4.69) is 11.8 Å². The molecule has 0 fully saturated rings. The Hall–Kier alpha value is -0.520. The van der Waals surface area contributed by atoms with Gasteiger partial charge >= 0.3 is 0 Å². The fourth-order valence-electron chi connectivity index (χ4n) is 0.545. The molecule has 0 saturated heterocycles. The number of hydrogen-bond acceptors (Lipinski definition) is 2. The summed E-state index contributed by atoms with van der Waals surface area (Å²) in [6.45, 7) is 1.87. The summed E-state index contributed by atoms with van der Waals surface area (Å²) in [6, 6.07) is 0. The molecule has 0 spiro atoms. The van der Waals surface area contributed by atoms with E-state index in [-0.39, 0.29) is 6.61 Å². The van der Waals surface area contributed by atoms with Gasteiger partial charge < -0.3 is 10.2 Å². The lowest BCUT2D eigenvalue weighted by molar-refractivity contribution is 0.253. The van der Waals surface area contributed by atoms with Crippen molar-refractivity contribution in [3.63, 3.8) is 0 Å². The van der Waals surface area contributed by atoms with Crippen LogP contribution in [0.3, 0.4) is 0 Å². The molecule has 2 N–H and O–H groups in total. The topological polar surface area (TPSA) is 40.5 Å². The largest absolute Gasteiger partial charge is 0.396 e. The van der Waals surface area contributed by atoms with Gasteiger partial charge in [-0.3, -0.25) is 0 Å². The number of hydrogen-bond donors (Lipinski definition) is 2. The summed E-state index contributed by atoms with van der Waals surface area (Å²) in [5.74, 6) is 5.44. The molecule has 0 saturated carbocycles. The number of aliphatic hydroxyl groups excluding tert-OH is 2. The minimum Gasteiger partial charge on any atom is -0.396 e. The Morgan fingerprint density at radius 3 is 2.60 bits per heavy atom. The Balaban J connectivity index is 3.12. The molecule has 2 heteroatoms. The average molecular weight is 142 g/mol. The lowest BCUT2D eigenvalue weighted by Crippen LogP contribution is -1.92. The van der Waals surface area contributed by atoms with Gasteiger partial charge in [-0.25, -0.2) is 0 Å². The van der Waals surface area contributed by atoms with E-state index < -0.39 is 6.10 Å². The molecule has 0 radical (unpaired) electrons. The van der Waals surface area contributed by atoms with Gasteiger partial charge in [0.25, 0.3) is 0 Å². The molecule has 58 valence electrons. The van der Waals surface area contributed by atoms with Gasteiger partial charge in [0.05, 0.1) is 0 Å². The van der Waals surface area contributed by atoms with E-state index in [9.17, 15) is 0 Å². The summed E-state index contributed by atoms with van der Waals surface area (Å²) < 4.78 is 0. The van der Waals surface area contributed by atoms with Gasteiger partial charge in [0.1, 0.15) is 6.10 Å². The fraction of sp³-hybridized carbons (Fsp3) is 0.750. The second-order valence-electron chi connectivity index (χ2n) is 2.18. The predicted octanol–water partition coefficient (Wildman–Crippen LogP) is 0.533. The fourth-order valence-corrected chi connectivity index (χ4v) is 0.545. The standard InChI is InChI=1S/C8H14O2/c1-8(10)6-4-2-3-5-7-9/h8-10H,2-3,5,7H2,1H3. The highest BCUT2D eigenvalue weighted by Crippen LogP contribution is 1.91. The first kappa shape index (κ1) is 9.48. The van der Waals surface area contributed by atoms with Gasteiger partial charge in [-0.1, -0.05) is 5.92 Å². The smallest absolute Gasteiger partial charge is 0.111 e. The molecule has 0 aromatic rings. The zero-order valence-corrected chi connectivity index (χ0v) is 6.30. The van der Waals surface area contributed by atoms with Gasteiger partial charge in [0.15, 0.2) is 0 Å². The summed E-state index contributed by atoms with van der Waals surface area (Å²) in [6.07, 6.45) is 1.96. The van der Waals surface area contributed by atoms with E-state index >= 15 is 0 Å². The van der Waals surface area contributed by atoms with E-state index in [4.69, 9.17) is 10.2 Å². The van der Waals surface area contributed by atoms with Crippen molar-refractivity contribution >= 4 is 0 Å². The third-order valence-corrected chi connectivity index (χ3v) is 1.02. The molecule has 0 aromatic heterocycles. The van der Waals surface area contributed by atoms with Crippen molar-refractivity contribution in [3.8, 4) is 11.8 Å². The molecule has 0 rings (SSSR count). The molecule has 0 heterocycles. The normalized spacial score (nSPS) is 11.9. The van der Waals surface area contributed by atoms with E-state index in [1.165, 1.54) is 0 Å². The van der Waals surface area contributed by atoms with Crippen molar-refractivity contribution < 1.29 is 10.2 Å². The quantitative estimate of drug-likeness (QED) is 0.446. The molecule has 0 aliphatic rings. The Bertz CT molecular complexity index is 119. The molecule has 10 heavy (non-hydrogen) atoms. The molecule has 0 aliphatic carbocycles. The second-order valence-corrected chi connectivity index (χ2v) is 2.18. The maximum atomic E-state index is 8.69. The van der Waals surface area contributed by atoms with Crippen molar-refractivity contribution in [2.45, 2.75) is 32.3 Å². The zero-order valence-electron chi connectivity index (χ0n) is 6.30. The molecular formula is C8H14O2. The molecule has 0 bridgehead atoms. The van der Waals surface area contributed by atoms with Crippen LogP contribution >= 0.6 is 0 Å². The molecule has 1 atom stereocenters. The van der Waals surface area contributed by atoms with E-state index in [1.807, 2.05) is 0 Å². The first-order chi connectivity index (χ1) is 4.77. The highest BCUT2D eigenvalue weighted by Gasteiger charge is 1.83. The summed E-state index contributed by atoms with van der Waals surface area (Å²) in [7, 11) is 0. The third-order valence-electron chi connectivity index (χ3n) is 1.02. The SMILES string of the molecule is CC(O)C#CCCCCO. The first-order valence-corrected chi connectivity index (χ1v) is 3.54. The Labute approximate surface area is 61.9 Å². The van der Waals surface area contributed by atoms with Crippen LogP contribution in [-0.4, -0.2) is 22.9 Å². The van der Waals surface area contributed by atoms with Crippen LogP contribution in [0.5, 0.6) is 0 Å². The van der Waals surface area contributed by atoms with Gasteiger partial charge in [0.2, 0.25) is 0 Å².